The third-order valence-corrected chi connectivity index (χ3v) is 4.28. The van der Waals surface area contributed by atoms with Crippen LogP contribution >= 0.6 is 0 Å². The van der Waals surface area contributed by atoms with Crippen LogP contribution in [0.1, 0.15) is 45.6 Å². The molecule has 0 bridgehead atoms. The molecule has 3 amide bonds. The smallest absolute Gasteiger partial charge is 0.226 e. The van der Waals surface area contributed by atoms with E-state index in [0.717, 1.165) is 5.69 Å². The van der Waals surface area contributed by atoms with Crippen molar-refractivity contribution in [2.45, 2.75) is 40.0 Å². The molecule has 0 heterocycles. The number of hydrogen-bond donors (Lipinski definition) is 2. The molecule has 0 saturated heterocycles. The van der Waals surface area contributed by atoms with Crippen LogP contribution in [0.2, 0.25) is 0 Å². The van der Waals surface area contributed by atoms with Gasteiger partial charge in [-0.15, -0.1) is 0 Å². The van der Waals surface area contributed by atoms with E-state index in [0.29, 0.717) is 17.3 Å². The van der Waals surface area contributed by atoms with E-state index in [9.17, 15) is 14.4 Å². The SMILES string of the molecule is CC(=O)Nc1cccc(NC(=O)CCN(C(C)=O)c2ccc(C(C)C)cc2)c1. The van der Waals surface area contributed by atoms with Crippen LogP contribution in [-0.2, 0) is 14.4 Å². The Kier molecular flexibility index (Phi) is 7.32. The second-order valence-corrected chi connectivity index (χ2v) is 6.98. The van der Waals surface area contributed by atoms with Gasteiger partial charge in [0.25, 0.3) is 0 Å². The maximum absolute atomic E-state index is 12.3. The molecule has 2 aromatic carbocycles. The zero-order valence-electron chi connectivity index (χ0n) is 16.8. The lowest BCUT2D eigenvalue weighted by molar-refractivity contribution is -0.117. The Hall–Kier alpha value is -3.15. The number of hydrogen-bond acceptors (Lipinski definition) is 3. The zero-order valence-corrected chi connectivity index (χ0v) is 16.8. The number of benzene rings is 2. The van der Waals surface area contributed by atoms with Crippen molar-refractivity contribution in [2.24, 2.45) is 0 Å². The molecule has 0 aliphatic carbocycles. The largest absolute Gasteiger partial charge is 0.326 e. The van der Waals surface area contributed by atoms with Crippen molar-refractivity contribution in [3.63, 3.8) is 0 Å². The monoisotopic (exact) mass is 381 g/mol. The Morgan fingerprint density at radius 1 is 0.929 bits per heavy atom. The van der Waals surface area contributed by atoms with E-state index in [2.05, 4.69) is 24.5 Å². The molecule has 0 spiro atoms. The molecule has 0 unspecified atom stereocenters. The number of nitrogens with zero attached hydrogens (tertiary/aromatic N) is 1. The number of rotatable bonds is 7. The van der Waals surface area contributed by atoms with Crippen LogP contribution in [0.25, 0.3) is 0 Å². The molecule has 2 aromatic rings. The molecule has 0 saturated carbocycles. The highest BCUT2D eigenvalue weighted by atomic mass is 16.2. The van der Waals surface area contributed by atoms with Crippen molar-refractivity contribution in [1.82, 2.24) is 0 Å². The summed E-state index contributed by atoms with van der Waals surface area (Å²) in [5.41, 5.74) is 3.18. The average molecular weight is 381 g/mol. The fourth-order valence-corrected chi connectivity index (χ4v) is 2.82. The molecule has 2 rings (SSSR count). The summed E-state index contributed by atoms with van der Waals surface area (Å²) in [6, 6.07) is 14.8. The summed E-state index contributed by atoms with van der Waals surface area (Å²) >= 11 is 0. The van der Waals surface area contributed by atoms with Gasteiger partial charge in [0.2, 0.25) is 17.7 Å². The molecule has 0 aromatic heterocycles. The van der Waals surface area contributed by atoms with Gasteiger partial charge in [0.05, 0.1) is 0 Å². The van der Waals surface area contributed by atoms with Crippen molar-refractivity contribution in [3.05, 3.63) is 54.1 Å². The van der Waals surface area contributed by atoms with Crippen molar-refractivity contribution in [2.75, 3.05) is 22.1 Å². The maximum Gasteiger partial charge on any atom is 0.226 e. The number of carbonyl (C=O) groups is 3. The highest BCUT2D eigenvalue weighted by Gasteiger charge is 2.14. The van der Waals surface area contributed by atoms with Crippen molar-refractivity contribution >= 4 is 34.8 Å². The Balaban J connectivity index is 1.99. The quantitative estimate of drug-likeness (QED) is 0.756. The third kappa shape index (κ3) is 6.23. The fraction of sp³-hybridized carbons (Fsp3) is 0.318. The lowest BCUT2D eigenvalue weighted by Gasteiger charge is -2.21. The topological polar surface area (TPSA) is 78.5 Å². The molecule has 28 heavy (non-hydrogen) atoms. The fourth-order valence-electron chi connectivity index (χ4n) is 2.82. The van der Waals surface area contributed by atoms with Gasteiger partial charge in [-0.3, -0.25) is 14.4 Å². The summed E-state index contributed by atoms with van der Waals surface area (Å²) < 4.78 is 0. The van der Waals surface area contributed by atoms with E-state index in [1.165, 1.54) is 19.4 Å². The lowest BCUT2D eigenvalue weighted by atomic mass is 10.0. The first-order valence-electron chi connectivity index (χ1n) is 9.32. The Labute approximate surface area is 165 Å². The van der Waals surface area contributed by atoms with Gasteiger partial charge in [-0.05, 0) is 41.8 Å². The molecule has 6 nitrogen and oxygen atoms in total. The number of nitrogens with one attached hydrogen (secondary N) is 2. The number of anilines is 3. The van der Waals surface area contributed by atoms with Gasteiger partial charge in [0.15, 0.2) is 0 Å². The minimum absolute atomic E-state index is 0.113. The molecule has 0 radical (unpaired) electrons. The van der Waals surface area contributed by atoms with E-state index in [1.807, 2.05) is 24.3 Å². The summed E-state index contributed by atoms with van der Waals surface area (Å²) in [4.78, 5) is 37.1. The molecular formula is C22H27N3O3. The summed E-state index contributed by atoms with van der Waals surface area (Å²) in [6.07, 6.45) is 0.163. The number of carbonyl (C=O) groups excluding carboxylic acids is 3. The van der Waals surface area contributed by atoms with E-state index in [-0.39, 0.29) is 30.7 Å². The van der Waals surface area contributed by atoms with Crippen LogP contribution in [0.3, 0.4) is 0 Å². The lowest BCUT2D eigenvalue weighted by Crippen LogP contribution is -2.31. The highest BCUT2D eigenvalue weighted by Crippen LogP contribution is 2.21. The van der Waals surface area contributed by atoms with Gasteiger partial charge in [-0.2, -0.15) is 0 Å². The standard InChI is InChI=1S/C22H27N3O3/c1-15(2)18-8-10-21(11-9-18)25(17(4)27)13-12-22(28)24-20-7-5-6-19(14-20)23-16(3)26/h5-11,14-15H,12-13H2,1-4H3,(H,23,26)(H,24,28). The molecule has 2 N–H and O–H groups in total. The second kappa shape index (κ2) is 9.69. The summed E-state index contributed by atoms with van der Waals surface area (Å²) in [6.45, 7) is 7.43. The summed E-state index contributed by atoms with van der Waals surface area (Å²) in [7, 11) is 0. The first kappa shape index (κ1) is 21.2. The Morgan fingerprint density at radius 3 is 2.07 bits per heavy atom. The highest BCUT2D eigenvalue weighted by molar-refractivity contribution is 5.95. The van der Waals surface area contributed by atoms with Gasteiger partial charge in [-0.25, -0.2) is 0 Å². The molecule has 6 heteroatoms. The Bertz CT molecular complexity index is 844. The van der Waals surface area contributed by atoms with Crippen LogP contribution in [0.15, 0.2) is 48.5 Å². The molecule has 0 fully saturated rings. The maximum atomic E-state index is 12.3. The Morgan fingerprint density at radius 2 is 1.54 bits per heavy atom. The van der Waals surface area contributed by atoms with Crippen LogP contribution in [0.4, 0.5) is 17.1 Å². The van der Waals surface area contributed by atoms with E-state index < -0.39 is 0 Å². The average Bonchev–Trinajstić information content (AvgIpc) is 2.61. The van der Waals surface area contributed by atoms with Gasteiger partial charge in [0, 0.05) is 43.9 Å². The third-order valence-electron chi connectivity index (χ3n) is 4.28. The summed E-state index contributed by atoms with van der Waals surface area (Å²) in [5.74, 6) is -0.0781. The molecule has 0 aliphatic heterocycles. The molecular weight excluding hydrogens is 354 g/mol. The van der Waals surface area contributed by atoms with E-state index >= 15 is 0 Å². The minimum Gasteiger partial charge on any atom is -0.326 e. The van der Waals surface area contributed by atoms with E-state index in [1.54, 1.807) is 29.2 Å². The predicted octanol–water partition coefficient (Wildman–Crippen LogP) is 4.15. The van der Waals surface area contributed by atoms with Gasteiger partial charge >= 0.3 is 0 Å². The minimum atomic E-state index is -0.204. The van der Waals surface area contributed by atoms with Crippen LogP contribution in [-0.4, -0.2) is 24.3 Å². The number of amides is 3. The second-order valence-electron chi connectivity index (χ2n) is 6.98. The zero-order chi connectivity index (χ0) is 20.7. The first-order valence-corrected chi connectivity index (χ1v) is 9.32. The predicted molar refractivity (Wildman–Crippen MR) is 113 cm³/mol. The first-order chi connectivity index (χ1) is 13.3. The van der Waals surface area contributed by atoms with Gasteiger partial charge in [-0.1, -0.05) is 32.0 Å². The van der Waals surface area contributed by atoms with E-state index in [4.69, 9.17) is 0 Å². The van der Waals surface area contributed by atoms with Crippen LogP contribution < -0.4 is 15.5 Å². The van der Waals surface area contributed by atoms with Crippen molar-refractivity contribution < 1.29 is 14.4 Å². The molecule has 0 aliphatic rings. The van der Waals surface area contributed by atoms with Crippen LogP contribution in [0.5, 0.6) is 0 Å². The van der Waals surface area contributed by atoms with Crippen molar-refractivity contribution in [1.29, 1.82) is 0 Å². The van der Waals surface area contributed by atoms with Crippen molar-refractivity contribution in [3.8, 4) is 0 Å². The van der Waals surface area contributed by atoms with Crippen LogP contribution in [0, 0.1) is 0 Å². The molecule has 148 valence electrons. The van der Waals surface area contributed by atoms with Gasteiger partial charge in [0.1, 0.15) is 0 Å². The van der Waals surface area contributed by atoms with Gasteiger partial charge < -0.3 is 15.5 Å². The normalized spacial score (nSPS) is 10.5. The molecule has 0 atom stereocenters. The summed E-state index contributed by atoms with van der Waals surface area (Å²) in [5, 5.41) is 5.47.